The Hall–Kier alpha value is 0.397. The molecular formula is C19H42O9P2Si. The predicted octanol–water partition coefficient (Wildman–Crippen LogP) is 4.65. The Morgan fingerprint density at radius 1 is 1.03 bits per heavy atom. The van der Waals surface area contributed by atoms with Gasteiger partial charge < -0.3 is 32.4 Å². The van der Waals surface area contributed by atoms with E-state index >= 15 is 0 Å². The lowest BCUT2D eigenvalue weighted by Gasteiger charge is -2.38. The Balaban J connectivity index is 2.57. The summed E-state index contributed by atoms with van der Waals surface area (Å²) in [6.07, 6.45) is -1.31. The molecule has 0 bridgehead atoms. The first-order chi connectivity index (χ1) is 14.2. The summed E-state index contributed by atoms with van der Waals surface area (Å²) in [5, 5.41) is 10.7. The number of aliphatic hydroxyl groups is 1. The summed E-state index contributed by atoms with van der Waals surface area (Å²) in [5.41, 5.74) is 0. The topological polar surface area (TPSA) is 110 Å². The number of aliphatic hydroxyl groups excluding tert-OH is 1. The summed E-state index contributed by atoms with van der Waals surface area (Å²) < 4.78 is 58.0. The van der Waals surface area contributed by atoms with E-state index in [1.165, 1.54) is 6.66 Å². The van der Waals surface area contributed by atoms with Crippen LogP contribution in [0.4, 0.5) is 0 Å². The second-order valence-electron chi connectivity index (χ2n) is 9.18. The quantitative estimate of drug-likeness (QED) is 0.205. The van der Waals surface area contributed by atoms with Gasteiger partial charge in [-0.15, -0.1) is 0 Å². The van der Waals surface area contributed by atoms with Crippen molar-refractivity contribution < 1.29 is 41.5 Å². The highest BCUT2D eigenvalue weighted by Crippen LogP contribution is 2.50. The summed E-state index contributed by atoms with van der Waals surface area (Å²) in [7, 11) is -8.61. The van der Waals surface area contributed by atoms with Gasteiger partial charge in [-0.3, -0.25) is 9.13 Å². The van der Waals surface area contributed by atoms with Crippen LogP contribution >= 0.6 is 15.2 Å². The minimum absolute atomic E-state index is 0.0238. The van der Waals surface area contributed by atoms with Crippen molar-refractivity contribution in [1.29, 1.82) is 0 Å². The van der Waals surface area contributed by atoms with Gasteiger partial charge in [0.25, 0.3) is 0 Å². The van der Waals surface area contributed by atoms with E-state index in [1.807, 2.05) is 0 Å². The van der Waals surface area contributed by atoms with Crippen molar-refractivity contribution in [3.63, 3.8) is 0 Å². The van der Waals surface area contributed by atoms with Gasteiger partial charge in [-0.2, -0.15) is 0 Å². The smallest absolute Gasteiger partial charge is 0.330 e. The number of rotatable bonds is 14. The molecule has 0 saturated carbocycles. The SMILES string of the molecule is CCOP(C)(=O)OCCOP(=O)(CC[C@H]1OC[C@@H](O[Si](C)(C)C(C)(C)C)C1O)OCC. The summed E-state index contributed by atoms with van der Waals surface area (Å²) in [6, 6.07) is 0. The standard InChI is InChI=1S/C19H42O9P2Si/c1-9-24-29(6,21)26-12-13-27-30(22,25-10-2)14-11-16-18(20)17(15-23-16)28-31(7,8)19(3,4)5/h16-18,20H,9-15H2,1-8H3/t16-,17-,18?,29?,30?/m1/s1. The molecule has 0 aromatic carbocycles. The molecule has 1 saturated heterocycles. The van der Waals surface area contributed by atoms with Crippen LogP contribution in [0, 0.1) is 0 Å². The molecule has 0 aliphatic carbocycles. The molecule has 0 aromatic rings. The molecule has 0 amide bonds. The van der Waals surface area contributed by atoms with Crippen LogP contribution in [0.3, 0.4) is 0 Å². The first kappa shape index (κ1) is 29.4. The van der Waals surface area contributed by atoms with Gasteiger partial charge in [-0.1, -0.05) is 20.8 Å². The van der Waals surface area contributed by atoms with Crippen LogP contribution in [-0.4, -0.2) is 77.6 Å². The Bertz CT molecular complexity index is 638. The van der Waals surface area contributed by atoms with E-state index in [0.29, 0.717) is 13.0 Å². The summed E-state index contributed by atoms with van der Waals surface area (Å²) in [6.45, 7) is 16.2. The van der Waals surface area contributed by atoms with E-state index < -0.39 is 41.8 Å². The van der Waals surface area contributed by atoms with Crippen LogP contribution in [-0.2, 0) is 36.4 Å². The number of hydrogen-bond acceptors (Lipinski definition) is 9. The van der Waals surface area contributed by atoms with Crippen molar-refractivity contribution in [2.24, 2.45) is 0 Å². The van der Waals surface area contributed by atoms with Gasteiger partial charge in [-0.05, 0) is 38.4 Å². The van der Waals surface area contributed by atoms with Gasteiger partial charge in [0, 0.05) is 6.66 Å². The molecule has 9 nitrogen and oxygen atoms in total. The first-order valence-corrected chi connectivity index (χ1v) is 17.5. The van der Waals surface area contributed by atoms with Crippen molar-refractivity contribution in [2.75, 3.05) is 45.9 Å². The van der Waals surface area contributed by atoms with Gasteiger partial charge in [0.15, 0.2) is 8.32 Å². The van der Waals surface area contributed by atoms with Gasteiger partial charge in [0.1, 0.15) is 6.10 Å². The van der Waals surface area contributed by atoms with Crippen LogP contribution in [0.25, 0.3) is 0 Å². The third-order valence-corrected chi connectivity index (χ3v) is 13.5. The highest BCUT2D eigenvalue weighted by molar-refractivity contribution is 7.54. The predicted molar refractivity (Wildman–Crippen MR) is 124 cm³/mol. The van der Waals surface area contributed by atoms with E-state index in [0.717, 1.165) is 0 Å². The van der Waals surface area contributed by atoms with Crippen LogP contribution in [0.5, 0.6) is 0 Å². The molecule has 0 radical (unpaired) electrons. The minimum atomic E-state index is -3.42. The van der Waals surface area contributed by atoms with Crippen molar-refractivity contribution in [3.05, 3.63) is 0 Å². The largest absolute Gasteiger partial charge is 0.409 e. The maximum atomic E-state index is 13.0. The Morgan fingerprint density at radius 3 is 2.16 bits per heavy atom. The van der Waals surface area contributed by atoms with Gasteiger partial charge >= 0.3 is 15.2 Å². The zero-order valence-electron chi connectivity index (χ0n) is 20.3. The summed E-state index contributed by atoms with van der Waals surface area (Å²) in [4.78, 5) is 0. The molecule has 5 atom stereocenters. The molecular weight excluding hydrogens is 462 g/mol. The molecule has 0 spiro atoms. The molecule has 0 aromatic heterocycles. The lowest BCUT2D eigenvalue weighted by Crippen LogP contribution is -2.47. The lowest BCUT2D eigenvalue weighted by molar-refractivity contribution is 0.0240. The molecule has 1 N–H and O–H groups in total. The average Bonchev–Trinajstić information content (AvgIpc) is 2.96. The van der Waals surface area contributed by atoms with Gasteiger partial charge in [-0.25, -0.2) is 0 Å². The lowest BCUT2D eigenvalue weighted by atomic mass is 10.1. The van der Waals surface area contributed by atoms with Crippen molar-refractivity contribution in [3.8, 4) is 0 Å². The fourth-order valence-electron chi connectivity index (χ4n) is 2.87. The van der Waals surface area contributed by atoms with Crippen LogP contribution in [0.15, 0.2) is 0 Å². The van der Waals surface area contributed by atoms with Gasteiger partial charge in [0.05, 0.1) is 51.4 Å². The third kappa shape index (κ3) is 9.65. The Kier molecular flexibility index (Phi) is 11.6. The molecule has 3 unspecified atom stereocenters. The maximum absolute atomic E-state index is 13.0. The fraction of sp³-hybridized carbons (Fsp3) is 1.00. The van der Waals surface area contributed by atoms with Crippen molar-refractivity contribution >= 4 is 23.5 Å². The van der Waals surface area contributed by atoms with Crippen LogP contribution in [0.2, 0.25) is 18.1 Å². The highest BCUT2D eigenvalue weighted by atomic mass is 31.2. The summed E-state index contributed by atoms with van der Waals surface area (Å²) >= 11 is 0. The number of ether oxygens (including phenoxy) is 1. The maximum Gasteiger partial charge on any atom is 0.330 e. The zero-order valence-corrected chi connectivity index (χ0v) is 23.1. The highest BCUT2D eigenvalue weighted by Gasteiger charge is 2.45. The third-order valence-electron chi connectivity index (χ3n) is 5.56. The minimum Gasteiger partial charge on any atom is -0.409 e. The molecule has 1 aliphatic heterocycles. The second-order valence-corrected chi connectivity index (χ2v) is 18.2. The molecule has 1 rings (SSSR count). The summed E-state index contributed by atoms with van der Waals surface area (Å²) in [5.74, 6) is 0. The van der Waals surface area contributed by atoms with Crippen LogP contribution in [0.1, 0.15) is 41.0 Å². The first-order valence-electron chi connectivity index (χ1n) is 10.9. The monoisotopic (exact) mass is 504 g/mol. The number of hydrogen-bond donors (Lipinski definition) is 1. The molecule has 186 valence electrons. The van der Waals surface area contributed by atoms with E-state index in [2.05, 4.69) is 33.9 Å². The van der Waals surface area contributed by atoms with E-state index in [1.54, 1.807) is 13.8 Å². The average molecular weight is 505 g/mol. The van der Waals surface area contributed by atoms with Gasteiger partial charge in [0.2, 0.25) is 0 Å². The van der Waals surface area contributed by atoms with Crippen LogP contribution < -0.4 is 0 Å². The van der Waals surface area contributed by atoms with Crippen molar-refractivity contribution in [1.82, 2.24) is 0 Å². The molecule has 12 heteroatoms. The normalized spacial score (nSPS) is 26.5. The van der Waals surface area contributed by atoms with E-state index in [-0.39, 0.29) is 37.6 Å². The fourth-order valence-corrected chi connectivity index (χ4v) is 6.78. The van der Waals surface area contributed by atoms with Crippen molar-refractivity contribution in [2.45, 2.75) is 77.5 Å². The Labute approximate surface area is 188 Å². The Morgan fingerprint density at radius 2 is 1.61 bits per heavy atom. The molecule has 1 heterocycles. The second kappa shape index (κ2) is 12.2. The van der Waals surface area contributed by atoms with E-state index in [9.17, 15) is 14.2 Å². The molecule has 1 aliphatic rings. The zero-order chi connectivity index (χ0) is 23.9. The molecule has 31 heavy (non-hydrogen) atoms. The molecule has 1 fully saturated rings. The van der Waals surface area contributed by atoms with E-state index in [4.69, 9.17) is 27.3 Å².